The van der Waals surface area contributed by atoms with Crippen LogP contribution >= 0.6 is 11.6 Å². The number of rotatable bonds is 2. The Bertz CT molecular complexity index is 381. The van der Waals surface area contributed by atoms with E-state index in [9.17, 15) is 9.18 Å². The number of hydrogen-bond acceptors (Lipinski definition) is 2. The van der Waals surface area contributed by atoms with Gasteiger partial charge in [0.15, 0.2) is 0 Å². The van der Waals surface area contributed by atoms with Gasteiger partial charge in [-0.05, 0) is 6.07 Å². The quantitative estimate of drug-likeness (QED) is 0.570. The molecule has 0 bridgehead atoms. The summed E-state index contributed by atoms with van der Waals surface area (Å²) in [5.74, 6) is -0.547. The molecular formula is C8H7ClFN3O. The van der Waals surface area contributed by atoms with Crippen LogP contribution in [0.3, 0.4) is 0 Å². The van der Waals surface area contributed by atoms with Crippen LogP contribution in [-0.4, -0.2) is 12.2 Å². The van der Waals surface area contributed by atoms with E-state index in [4.69, 9.17) is 17.3 Å². The minimum absolute atomic E-state index is 0.0532. The molecule has 0 radical (unpaired) electrons. The summed E-state index contributed by atoms with van der Waals surface area (Å²) >= 11 is 5.60. The van der Waals surface area contributed by atoms with E-state index in [0.29, 0.717) is 5.56 Å². The molecule has 1 aromatic rings. The van der Waals surface area contributed by atoms with Gasteiger partial charge < -0.3 is 5.73 Å². The first-order valence-corrected chi connectivity index (χ1v) is 4.01. The van der Waals surface area contributed by atoms with Gasteiger partial charge in [-0.3, -0.25) is 0 Å². The second kappa shape index (κ2) is 4.57. The van der Waals surface area contributed by atoms with Crippen molar-refractivity contribution in [1.29, 1.82) is 0 Å². The molecule has 0 atom stereocenters. The highest BCUT2D eigenvalue weighted by molar-refractivity contribution is 6.33. The molecule has 6 heteroatoms. The fourth-order valence-corrected chi connectivity index (χ4v) is 0.960. The lowest BCUT2D eigenvalue weighted by Gasteiger charge is -1.97. The second-order valence-corrected chi connectivity index (χ2v) is 2.76. The molecule has 1 rings (SSSR count). The smallest absolute Gasteiger partial charge is 0.332 e. The first kappa shape index (κ1) is 10.5. The number of halogens is 2. The van der Waals surface area contributed by atoms with Crippen LogP contribution in [0, 0.1) is 5.82 Å². The zero-order chi connectivity index (χ0) is 10.6. The third-order valence-corrected chi connectivity index (χ3v) is 1.76. The molecule has 74 valence electrons. The molecule has 0 unspecified atom stereocenters. The molecule has 0 aliphatic rings. The van der Waals surface area contributed by atoms with Crippen molar-refractivity contribution in [2.75, 3.05) is 0 Å². The van der Waals surface area contributed by atoms with E-state index in [2.05, 4.69) is 5.10 Å². The maximum atomic E-state index is 12.9. The lowest BCUT2D eigenvalue weighted by Crippen LogP contribution is -2.24. The number of nitrogens with zero attached hydrogens (tertiary/aromatic N) is 1. The van der Waals surface area contributed by atoms with Crippen molar-refractivity contribution in [1.82, 2.24) is 5.43 Å². The van der Waals surface area contributed by atoms with E-state index < -0.39 is 11.8 Å². The summed E-state index contributed by atoms with van der Waals surface area (Å²) in [6.07, 6.45) is 1.20. The number of hydrazone groups is 1. The van der Waals surface area contributed by atoms with Gasteiger partial charge in [0, 0.05) is 5.56 Å². The Morgan fingerprint density at radius 2 is 2.36 bits per heavy atom. The third kappa shape index (κ3) is 2.70. The predicted octanol–water partition coefficient (Wildman–Crippen LogP) is 1.48. The zero-order valence-electron chi connectivity index (χ0n) is 7.00. The highest BCUT2D eigenvalue weighted by Gasteiger charge is 2.02. The van der Waals surface area contributed by atoms with Gasteiger partial charge in [-0.2, -0.15) is 5.10 Å². The monoisotopic (exact) mass is 215 g/mol. The van der Waals surface area contributed by atoms with Gasteiger partial charge in [-0.25, -0.2) is 14.6 Å². The number of urea groups is 1. The van der Waals surface area contributed by atoms with Crippen LogP contribution in [0.2, 0.25) is 5.02 Å². The summed E-state index contributed by atoms with van der Waals surface area (Å²) in [4.78, 5) is 10.2. The topological polar surface area (TPSA) is 67.5 Å². The number of primary amides is 1. The van der Waals surface area contributed by atoms with Crippen molar-refractivity contribution in [3.05, 3.63) is 34.6 Å². The van der Waals surface area contributed by atoms with Gasteiger partial charge >= 0.3 is 6.03 Å². The number of hydrogen-bond donors (Lipinski definition) is 2. The third-order valence-electron chi connectivity index (χ3n) is 1.36. The van der Waals surface area contributed by atoms with Crippen LogP contribution in [-0.2, 0) is 0 Å². The minimum atomic E-state index is -0.797. The number of carbonyl (C=O) groups excluding carboxylic acids is 1. The van der Waals surface area contributed by atoms with Gasteiger partial charge in [-0.15, -0.1) is 0 Å². The van der Waals surface area contributed by atoms with Crippen LogP contribution in [0.4, 0.5) is 9.18 Å². The fraction of sp³-hybridized carbons (Fsp3) is 0. The number of benzene rings is 1. The molecule has 0 aliphatic carbocycles. The molecule has 14 heavy (non-hydrogen) atoms. The van der Waals surface area contributed by atoms with Crippen molar-refractivity contribution in [2.24, 2.45) is 10.8 Å². The van der Waals surface area contributed by atoms with E-state index in [0.717, 1.165) is 0 Å². The Morgan fingerprint density at radius 3 is 3.00 bits per heavy atom. The molecular weight excluding hydrogens is 209 g/mol. The molecule has 4 nitrogen and oxygen atoms in total. The normalized spacial score (nSPS) is 10.4. The maximum Gasteiger partial charge on any atom is 0.332 e. The Balaban J connectivity index is 2.81. The molecule has 0 fully saturated rings. The zero-order valence-corrected chi connectivity index (χ0v) is 7.75. The molecule has 0 saturated carbocycles. The first-order chi connectivity index (χ1) is 6.61. The lowest BCUT2D eigenvalue weighted by molar-refractivity contribution is 0.249. The summed E-state index contributed by atoms with van der Waals surface area (Å²) < 4.78 is 12.9. The average molecular weight is 216 g/mol. The van der Waals surface area contributed by atoms with Crippen molar-refractivity contribution in [3.8, 4) is 0 Å². The molecule has 0 aromatic heterocycles. The number of nitrogens with two attached hydrogens (primary N) is 1. The van der Waals surface area contributed by atoms with Crippen LogP contribution in [0.5, 0.6) is 0 Å². The van der Waals surface area contributed by atoms with Crippen LogP contribution in [0.15, 0.2) is 23.3 Å². The van der Waals surface area contributed by atoms with Crippen molar-refractivity contribution in [2.45, 2.75) is 0 Å². The van der Waals surface area contributed by atoms with E-state index in [1.54, 1.807) is 6.07 Å². The summed E-state index contributed by atoms with van der Waals surface area (Å²) in [7, 11) is 0. The first-order valence-electron chi connectivity index (χ1n) is 3.64. The Labute approximate surface area is 84.5 Å². The maximum absolute atomic E-state index is 12.9. The number of nitrogens with one attached hydrogen (secondary N) is 1. The molecule has 0 aliphatic heterocycles. The number of amides is 2. The van der Waals surface area contributed by atoms with E-state index in [1.807, 2.05) is 5.43 Å². The molecule has 1 aromatic carbocycles. The SMILES string of the molecule is NC(=O)NN=Cc1cccc(F)c1Cl. The van der Waals surface area contributed by atoms with Gasteiger partial charge in [-0.1, -0.05) is 23.7 Å². The van der Waals surface area contributed by atoms with Crippen molar-refractivity contribution >= 4 is 23.8 Å². The van der Waals surface area contributed by atoms with E-state index >= 15 is 0 Å². The Hall–Kier alpha value is -1.62. The largest absolute Gasteiger partial charge is 0.350 e. The van der Waals surface area contributed by atoms with Gasteiger partial charge in [0.25, 0.3) is 0 Å². The highest BCUT2D eigenvalue weighted by Crippen LogP contribution is 2.17. The highest BCUT2D eigenvalue weighted by atomic mass is 35.5. The Morgan fingerprint density at radius 1 is 1.64 bits per heavy atom. The number of carbonyl (C=O) groups is 1. The van der Waals surface area contributed by atoms with Gasteiger partial charge in [0.1, 0.15) is 5.82 Å². The second-order valence-electron chi connectivity index (χ2n) is 2.38. The Kier molecular flexibility index (Phi) is 3.41. The average Bonchev–Trinajstić information content (AvgIpc) is 2.12. The van der Waals surface area contributed by atoms with E-state index in [-0.39, 0.29) is 5.02 Å². The molecule has 0 heterocycles. The molecule has 2 amide bonds. The van der Waals surface area contributed by atoms with Gasteiger partial charge in [0.2, 0.25) is 0 Å². The minimum Gasteiger partial charge on any atom is -0.350 e. The summed E-state index contributed by atoms with van der Waals surface area (Å²) in [6, 6.07) is 3.46. The summed E-state index contributed by atoms with van der Waals surface area (Å²) in [5, 5.41) is 3.39. The van der Waals surface area contributed by atoms with E-state index in [1.165, 1.54) is 18.3 Å². The van der Waals surface area contributed by atoms with Crippen molar-refractivity contribution in [3.63, 3.8) is 0 Å². The fourth-order valence-electron chi connectivity index (χ4n) is 0.786. The van der Waals surface area contributed by atoms with Gasteiger partial charge in [0.05, 0.1) is 11.2 Å². The van der Waals surface area contributed by atoms with Crippen LogP contribution < -0.4 is 11.2 Å². The molecule has 0 spiro atoms. The van der Waals surface area contributed by atoms with Crippen LogP contribution in [0.25, 0.3) is 0 Å². The molecule has 3 N–H and O–H groups in total. The lowest BCUT2D eigenvalue weighted by atomic mass is 10.2. The standard InChI is InChI=1S/C8H7ClFN3O/c9-7-5(2-1-3-6(7)10)4-12-13-8(11)14/h1-4H,(H3,11,13,14). The van der Waals surface area contributed by atoms with Crippen LogP contribution in [0.1, 0.15) is 5.56 Å². The summed E-state index contributed by atoms with van der Waals surface area (Å²) in [5.41, 5.74) is 7.08. The summed E-state index contributed by atoms with van der Waals surface area (Å²) in [6.45, 7) is 0. The van der Waals surface area contributed by atoms with Crippen molar-refractivity contribution < 1.29 is 9.18 Å². The predicted molar refractivity (Wildman–Crippen MR) is 51.7 cm³/mol. The molecule has 0 saturated heterocycles.